The van der Waals surface area contributed by atoms with Gasteiger partial charge in [0.1, 0.15) is 17.0 Å². The SMILES string of the molecule is Cc1sc2ncnc(Nc3cccc(N)c3)c2c1C. The molecule has 5 heteroatoms. The maximum atomic E-state index is 5.79. The van der Waals surface area contributed by atoms with E-state index in [0.29, 0.717) is 0 Å². The number of aryl methyl sites for hydroxylation is 2. The third kappa shape index (κ3) is 2.13. The van der Waals surface area contributed by atoms with Crippen LogP contribution in [0.1, 0.15) is 10.4 Å². The van der Waals surface area contributed by atoms with E-state index in [9.17, 15) is 0 Å². The van der Waals surface area contributed by atoms with Crippen molar-refractivity contribution >= 4 is 38.7 Å². The number of rotatable bonds is 2. The predicted molar refractivity (Wildman–Crippen MR) is 81.0 cm³/mol. The molecule has 2 heterocycles. The minimum absolute atomic E-state index is 0.730. The van der Waals surface area contributed by atoms with E-state index in [1.54, 1.807) is 17.7 Å². The van der Waals surface area contributed by atoms with Crippen molar-refractivity contribution in [2.24, 2.45) is 0 Å². The summed E-state index contributed by atoms with van der Waals surface area (Å²) in [7, 11) is 0. The first-order valence-corrected chi connectivity index (χ1v) is 6.80. The van der Waals surface area contributed by atoms with Gasteiger partial charge in [0.15, 0.2) is 0 Å². The van der Waals surface area contributed by atoms with Crippen LogP contribution in [-0.2, 0) is 0 Å². The number of fused-ring (bicyclic) bond motifs is 1. The highest BCUT2D eigenvalue weighted by molar-refractivity contribution is 7.18. The Morgan fingerprint density at radius 3 is 2.84 bits per heavy atom. The van der Waals surface area contributed by atoms with Gasteiger partial charge in [0.2, 0.25) is 0 Å². The average Bonchev–Trinajstić information content (AvgIpc) is 2.66. The van der Waals surface area contributed by atoms with Crippen LogP contribution in [0.3, 0.4) is 0 Å². The Morgan fingerprint density at radius 2 is 2.05 bits per heavy atom. The number of nitrogens with two attached hydrogens (primary N) is 1. The summed E-state index contributed by atoms with van der Waals surface area (Å²) >= 11 is 1.69. The lowest BCUT2D eigenvalue weighted by Gasteiger charge is -2.07. The molecule has 0 aliphatic heterocycles. The topological polar surface area (TPSA) is 63.8 Å². The molecule has 0 spiro atoms. The van der Waals surface area contributed by atoms with Crippen LogP contribution >= 0.6 is 11.3 Å². The molecule has 0 amide bonds. The van der Waals surface area contributed by atoms with E-state index in [-0.39, 0.29) is 0 Å². The summed E-state index contributed by atoms with van der Waals surface area (Å²) in [6, 6.07) is 7.64. The van der Waals surface area contributed by atoms with Crippen molar-refractivity contribution in [3.63, 3.8) is 0 Å². The quantitative estimate of drug-likeness (QED) is 0.698. The Balaban J connectivity index is 2.10. The Kier molecular flexibility index (Phi) is 2.83. The van der Waals surface area contributed by atoms with Crippen LogP contribution in [0.5, 0.6) is 0 Å². The molecule has 0 saturated carbocycles. The highest BCUT2D eigenvalue weighted by Gasteiger charge is 2.11. The molecule has 96 valence electrons. The van der Waals surface area contributed by atoms with Crippen molar-refractivity contribution in [1.82, 2.24) is 9.97 Å². The number of hydrogen-bond donors (Lipinski definition) is 2. The van der Waals surface area contributed by atoms with Crippen molar-refractivity contribution in [2.45, 2.75) is 13.8 Å². The molecule has 4 nitrogen and oxygen atoms in total. The van der Waals surface area contributed by atoms with Crippen LogP contribution in [0.25, 0.3) is 10.2 Å². The molecule has 0 unspecified atom stereocenters. The molecule has 0 saturated heterocycles. The van der Waals surface area contributed by atoms with Crippen molar-refractivity contribution in [1.29, 1.82) is 0 Å². The maximum absolute atomic E-state index is 5.79. The van der Waals surface area contributed by atoms with Crippen LogP contribution in [0.4, 0.5) is 17.2 Å². The fraction of sp³-hybridized carbons (Fsp3) is 0.143. The van der Waals surface area contributed by atoms with Gasteiger partial charge in [-0.1, -0.05) is 6.07 Å². The first kappa shape index (κ1) is 11.9. The largest absolute Gasteiger partial charge is 0.399 e. The van der Waals surface area contributed by atoms with E-state index in [1.807, 2.05) is 24.3 Å². The number of nitrogens with one attached hydrogen (secondary N) is 1. The average molecular weight is 270 g/mol. The number of nitrogens with zero attached hydrogens (tertiary/aromatic N) is 2. The van der Waals surface area contributed by atoms with E-state index in [0.717, 1.165) is 27.4 Å². The zero-order chi connectivity index (χ0) is 13.4. The fourth-order valence-corrected chi connectivity index (χ4v) is 3.03. The van der Waals surface area contributed by atoms with Crippen LogP contribution in [0.15, 0.2) is 30.6 Å². The third-order valence-corrected chi connectivity index (χ3v) is 4.23. The normalized spacial score (nSPS) is 10.8. The summed E-state index contributed by atoms with van der Waals surface area (Å²) in [5, 5.41) is 4.41. The molecule has 1 aromatic carbocycles. The Morgan fingerprint density at radius 1 is 1.21 bits per heavy atom. The molecule has 0 atom stereocenters. The Labute approximate surface area is 115 Å². The summed E-state index contributed by atoms with van der Waals surface area (Å²) in [4.78, 5) is 11.0. The second kappa shape index (κ2) is 4.51. The first-order valence-electron chi connectivity index (χ1n) is 5.98. The van der Waals surface area contributed by atoms with Crippen LogP contribution in [0.2, 0.25) is 0 Å². The molecule has 0 aliphatic rings. The number of anilines is 3. The van der Waals surface area contributed by atoms with E-state index >= 15 is 0 Å². The number of benzene rings is 1. The number of hydrogen-bond acceptors (Lipinski definition) is 5. The Hall–Kier alpha value is -2.14. The molecule has 3 N–H and O–H groups in total. The summed E-state index contributed by atoms with van der Waals surface area (Å²) in [6.45, 7) is 4.20. The van der Waals surface area contributed by atoms with Crippen molar-refractivity contribution in [2.75, 3.05) is 11.1 Å². The molecule has 19 heavy (non-hydrogen) atoms. The molecular formula is C14H14N4S. The lowest BCUT2D eigenvalue weighted by Crippen LogP contribution is -1.96. The molecule has 3 aromatic rings. The van der Waals surface area contributed by atoms with Crippen LogP contribution in [0, 0.1) is 13.8 Å². The molecular weight excluding hydrogens is 256 g/mol. The predicted octanol–water partition coefficient (Wildman–Crippen LogP) is 3.63. The van der Waals surface area contributed by atoms with Gasteiger partial charge in [-0.05, 0) is 37.6 Å². The monoisotopic (exact) mass is 270 g/mol. The van der Waals surface area contributed by atoms with Crippen LogP contribution < -0.4 is 11.1 Å². The van der Waals surface area contributed by atoms with E-state index in [2.05, 4.69) is 29.1 Å². The zero-order valence-electron chi connectivity index (χ0n) is 10.8. The number of thiophene rings is 1. The molecule has 3 rings (SSSR count). The first-order chi connectivity index (χ1) is 9.15. The van der Waals surface area contributed by atoms with Crippen LogP contribution in [-0.4, -0.2) is 9.97 Å². The minimum Gasteiger partial charge on any atom is -0.399 e. The van der Waals surface area contributed by atoms with Gasteiger partial charge in [0, 0.05) is 16.3 Å². The van der Waals surface area contributed by atoms with Gasteiger partial charge in [0.05, 0.1) is 5.39 Å². The summed E-state index contributed by atoms with van der Waals surface area (Å²) < 4.78 is 0. The van der Waals surface area contributed by atoms with Crippen molar-refractivity contribution < 1.29 is 0 Å². The molecule has 0 radical (unpaired) electrons. The van der Waals surface area contributed by atoms with Gasteiger partial charge in [0.25, 0.3) is 0 Å². The summed E-state index contributed by atoms with van der Waals surface area (Å²) in [5.74, 6) is 0.831. The van der Waals surface area contributed by atoms with Gasteiger partial charge >= 0.3 is 0 Å². The smallest absolute Gasteiger partial charge is 0.142 e. The summed E-state index contributed by atoms with van der Waals surface area (Å²) in [6.07, 6.45) is 1.59. The second-order valence-corrected chi connectivity index (χ2v) is 5.64. The zero-order valence-corrected chi connectivity index (χ0v) is 11.6. The van der Waals surface area contributed by atoms with Crippen molar-refractivity contribution in [3.8, 4) is 0 Å². The molecule has 0 aliphatic carbocycles. The standard InChI is InChI=1S/C14H14N4S/c1-8-9(2)19-14-12(8)13(16-7-17-14)18-11-5-3-4-10(15)6-11/h3-7H,15H2,1-2H3,(H,16,17,18). The van der Waals surface area contributed by atoms with E-state index < -0.39 is 0 Å². The van der Waals surface area contributed by atoms with Gasteiger partial charge < -0.3 is 11.1 Å². The third-order valence-electron chi connectivity index (χ3n) is 3.11. The highest BCUT2D eigenvalue weighted by atomic mass is 32.1. The number of nitrogen functional groups attached to an aromatic ring is 1. The molecule has 2 aromatic heterocycles. The molecule has 0 bridgehead atoms. The van der Waals surface area contributed by atoms with E-state index in [1.165, 1.54) is 10.4 Å². The maximum Gasteiger partial charge on any atom is 0.142 e. The van der Waals surface area contributed by atoms with Gasteiger partial charge in [-0.15, -0.1) is 11.3 Å². The fourth-order valence-electron chi connectivity index (χ4n) is 2.03. The van der Waals surface area contributed by atoms with Gasteiger partial charge in [-0.2, -0.15) is 0 Å². The van der Waals surface area contributed by atoms with Gasteiger partial charge in [-0.25, -0.2) is 9.97 Å². The Bertz CT molecular complexity index is 748. The van der Waals surface area contributed by atoms with Gasteiger partial charge in [-0.3, -0.25) is 0 Å². The highest BCUT2D eigenvalue weighted by Crippen LogP contribution is 2.33. The molecule has 0 fully saturated rings. The van der Waals surface area contributed by atoms with Crippen molar-refractivity contribution in [3.05, 3.63) is 41.0 Å². The summed E-state index contributed by atoms with van der Waals surface area (Å²) in [5.41, 5.74) is 8.68. The minimum atomic E-state index is 0.730. The van der Waals surface area contributed by atoms with E-state index in [4.69, 9.17) is 5.73 Å². The lowest BCUT2D eigenvalue weighted by molar-refractivity contribution is 1.22. The second-order valence-electron chi connectivity index (χ2n) is 4.44. The lowest BCUT2D eigenvalue weighted by atomic mass is 10.2. The number of aromatic nitrogens is 2.